The molecule has 3 aromatic rings. The molecule has 29 heavy (non-hydrogen) atoms. The molecule has 0 saturated carbocycles. The zero-order valence-electron chi connectivity index (χ0n) is 16.4. The first-order valence-electron chi connectivity index (χ1n) is 9.44. The molecule has 0 radical (unpaired) electrons. The van der Waals surface area contributed by atoms with E-state index in [1.165, 1.54) is 0 Å². The zero-order chi connectivity index (χ0) is 20.6. The Kier molecular flexibility index (Phi) is 6.58. The summed E-state index contributed by atoms with van der Waals surface area (Å²) in [4.78, 5) is 29.3. The number of amides is 2. The van der Waals surface area contributed by atoms with Crippen molar-refractivity contribution in [3.05, 3.63) is 83.7 Å². The summed E-state index contributed by atoms with van der Waals surface area (Å²) in [5, 5.41) is 5.65. The molecule has 0 aliphatic heterocycles. The normalized spacial score (nSPS) is 10.3. The van der Waals surface area contributed by atoms with E-state index in [0.717, 1.165) is 6.42 Å². The fourth-order valence-electron chi connectivity index (χ4n) is 2.66. The van der Waals surface area contributed by atoms with E-state index >= 15 is 0 Å². The number of aryl methyl sites for hydroxylation is 1. The summed E-state index contributed by atoms with van der Waals surface area (Å²) in [7, 11) is 0. The van der Waals surface area contributed by atoms with Crippen molar-refractivity contribution >= 4 is 23.2 Å². The highest BCUT2D eigenvalue weighted by Crippen LogP contribution is 2.20. The molecule has 0 unspecified atom stereocenters. The molecule has 2 amide bonds. The maximum Gasteiger partial charge on any atom is 0.255 e. The van der Waals surface area contributed by atoms with Crippen LogP contribution < -0.4 is 15.4 Å². The van der Waals surface area contributed by atoms with Crippen LogP contribution in [0, 0.1) is 6.92 Å². The number of nitrogens with zero attached hydrogens (tertiary/aromatic N) is 1. The number of nitrogens with one attached hydrogen (secondary N) is 2. The van der Waals surface area contributed by atoms with E-state index in [-0.39, 0.29) is 11.8 Å². The summed E-state index contributed by atoms with van der Waals surface area (Å²) < 4.78 is 5.58. The summed E-state index contributed by atoms with van der Waals surface area (Å²) in [6.45, 7) is 4.41. The first kappa shape index (κ1) is 20.1. The number of pyridine rings is 1. The molecule has 6 heteroatoms. The van der Waals surface area contributed by atoms with Gasteiger partial charge in [0, 0.05) is 11.1 Å². The number of benzene rings is 2. The molecule has 0 fully saturated rings. The third kappa shape index (κ3) is 5.42. The number of ether oxygens (including phenoxy) is 1. The van der Waals surface area contributed by atoms with E-state index < -0.39 is 0 Å². The molecule has 0 aliphatic carbocycles. The fraction of sp³-hybridized carbons (Fsp3) is 0.174. The van der Waals surface area contributed by atoms with Crippen molar-refractivity contribution in [3.8, 4) is 5.75 Å². The molecule has 0 atom stereocenters. The van der Waals surface area contributed by atoms with Crippen molar-refractivity contribution in [2.75, 3.05) is 17.2 Å². The summed E-state index contributed by atoms with van der Waals surface area (Å²) >= 11 is 0. The van der Waals surface area contributed by atoms with Crippen molar-refractivity contribution in [3.63, 3.8) is 0 Å². The van der Waals surface area contributed by atoms with Crippen LogP contribution >= 0.6 is 0 Å². The molecule has 1 aromatic heterocycles. The average molecular weight is 389 g/mol. The molecule has 0 spiro atoms. The number of rotatable bonds is 7. The van der Waals surface area contributed by atoms with Crippen LogP contribution in [0.25, 0.3) is 0 Å². The van der Waals surface area contributed by atoms with Crippen LogP contribution in [0.3, 0.4) is 0 Å². The summed E-state index contributed by atoms with van der Waals surface area (Å²) in [6.07, 6.45) is 2.45. The van der Waals surface area contributed by atoms with E-state index in [1.807, 2.05) is 19.1 Å². The SMILES string of the molecule is CCCOc1cccc(C(=O)Nc2cnc(C)c(NC(=O)c3ccccc3)c2)c1. The van der Waals surface area contributed by atoms with E-state index in [4.69, 9.17) is 4.74 Å². The Morgan fingerprint density at radius 3 is 2.41 bits per heavy atom. The highest BCUT2D eigenvalue weighted by atomic mass is 16.5. The van der Waals surface area contributed by atoms with Gasteiger partial charge in [-0.25, -0.2) is 0 Å². The molecular formula is C23H23N3O3. The maximum absolute atomic E-state index is 12.6. The average Bonchev–Trinajstić information content (AvgIpc) is 2.75. The third-order valence-electron chi connectivity index (χ3n) is 4.20. The summed E-state index contributed by atoms with van der Waals surface area (Å²) in [5.74, 6) is 0.134. The Morgan fingerprint density at radius 2 is 1.66 bits per heavy atom. The number of hydrogen-bond acceptors (Lipinski definition) is 4. The Hall–Kier alpha value is -3.67. The standard InChI is InChI=1S/C23H23N3O3/c1-3-12-29-20-11-7-10-18(13-20)23(28)25-19-14-21(16(2)24-15-19)26-22(27)17-8-5-4-6-9-17/h4-11,13-15H,3,12H2,1-2H3,(H,25,28)(H,26,27). The van der Waals surface area contributed by atoms with Crippen molar-refractivity contribution in [2.45, 2.75) is 20.3 Å². The quantitative estimate of drug-likeness (QED) is 0.615. The monoisotopic (exact) mass is 389 g/mol. The zero-order valence-corrected chi connectivity index (χ0v) is 16.4. The number of carbonyl (C=O) groups is 2. The van der Waals surface area contributed by atoms with Crippen molar-refractivity contribution in [1.82, 2.24) is 4.98 Å². The molecule has 0 bridgehead atoms. The Balaban J connectivity index is 1.72. The predicted octanol–water partition coefficient (Wildman–Crippen LogP) is 4.68. The van der Waals surface area contributed by atoms with Crippen molar-refractivity contribution in [2.24, 2.45) is 0 Å². The fourth-order valence-corrected chi connectivity index (χ4v) is 2.66. The van der Waals surface area contributed by atoms with E-state index in [9.17, 15) is 9.59 Å². The van der Waals surface area contributed by atoms with E-state index in [1.54, 1.807) is 61.7 Å². The molecule has 2 aromatic carbocycles. The Morgan fingerprint density at radius 1 is 0.931 bits per heavy atom. The van der Waals surface area contributed by atoms with Gasteiger partial charge in [-0.3, -0.25) is 14.6 Å². The van der Waals surface area contributed by atoms with Gasteiger partial charge >= 0.3 is 0 Å². The number of hydrogen-bond donors (Lipinski definition) is 2. The lowest BCUT2D eigenvalue weighted by molar-refractivity contribution is 0.101. The van der Waals surface area contributed by atoms with Crippen LogP contribution in [-0.4, -0.2) is 23.4 Å². The molecule has 6 nitrogen and oxygen atoms in total. The molecule has 1 heterocycles. The van der Waals surface area contributed by atoms with Gasteiger partial charge in [0.1, 0.15) is 5.75 Å². The van der Waals surface area contributed by atoms with Crippen LogP contribution in [0.5, 0.6) is 5.75 Å². The number of aromatic nitrogens is 1. The van der Waals surface area contributed by atoms with Gasteiger partial charge < -0.3 is 15.4 Å². The van der Waals surface area contributed by atoms with Gasteiger partial charge in [-0.05, 0) is 49.7 Å². The highest BCUT2D eigenvalue weighted by molar-refractivity contribution is 6.06. The third-order valence-corrected chi connectivity index (χ3v) is 4.20. The smallest absolute Gasteiger partial charge is 0.255 e. The first-order chi connectivity index (χ1) is 14.1. The lowest BCUT2D eigenvalue weighted by Gasteiger charge is -2.11. The summed E-state index contributed by atoms with van der Waals surface area (Å²) in [6, 6.07) is 17.6. The van der Waals surface area contributed by atoms with Crippen molar-refractivity contribution in [1.29, 1.82) is 0 Å². The lowest BCUT2D eigenvalue weighted by atomic mass is 10.2. The van der Waals surface area contributed by atoms with Crippen LogP contribution in [0.15, 0.2) is 66.9 Å². The molecule has 0 aliphatic rings. The van der Waals surface area contributed by atoms with Gasteiger partial charge in [-0.15, -0.1) is 0 Å². The highest BCUT2D eigenvalue weighted by Gasteiger charge is 2.12. The van der Waals surface area contributed by atoms with Crippen LogP contribution in [0.4, 0.5) is 11.4 Å². The minimum Gasteiger partial charge on any atom is -0.494 e. The summed E-state index contributed by atoms with van der Waals surface area (Å²) in [5.41, 5.74) is 2.71. The molecular weight excluding hydrogens is 366 g/mol. The topological polar surface area (TPSA) is 80.3 Å². The predicted molar refractivity (Wildman–Crippen MR) is 114 cm³/mol. The Bertz CT molecular complexity index is 1000. The van der Waals surface area contributed by atoms with Crippen LogP contribution in [0.1, 0.15) is 39.8 Å². The lowest BCUT2D eigenvalue weighted by Crippen LogP contribution is -2.15. The van der Waals surface area contributed by atoms with Gasteiger partial charge in [0.05, 0.1) is 29.9 Å². The van der Waals surface area contributed by atoms with Crippen LogP contribution in [0.2, 0.25) is 0 Å². The minimum absolute atomic E-state index is 0.236. The second-order valence-electron chi connectivity index (χ2n) is 6.51. The van der Waals surface area contributed by atoms with Gasteiger partial charge in [0.15, 0.2) is 0 Å². The van der Waals surface area contributed by atoms with Gasteiger partial charge in [0.2, 0.25) is 0 Å². The molecule has 0 saturated heterocycles. The molecule has 2 N–H and O–H groups in total. The largest absolute Gasteiger partial charge is 0.494 e. The van der Waals surface area contributed by atoms with Crippen LogP contribution in [-0.2, 0) is 0 Å². The van der Waals surface area contributed by atoms with E-state index in [2.05, 4.69) is 15.6 Å². The number of anilines is 2. The second kappa shape index (κ2) is 9.50. The second-order valence-corrected chi connectivity index (χ2v) is 6.51. The van der Waals surface area contributed by atoms with Gasteiger partial charge in [-0.1, -0.05) is 31.2 Å². The molecule has 3 rings (SSSR count). The molecule has 148 valence electrons. The van der Waals surface area contributed by atoms with Gasteiger partial charge in [0.25, 0.3) is 11.8 Å². The number of carbonyl (C=O) groups excluding carboxylic acids is 2. The first-order valence-corrected chi connectivity index (χ1v) is 9.44. The maximum atomic E-state index is 12.6. The minimum atomic E-state index is -0.280. The Labute approximate surface area is 169 Å². The van der Waals surface area contributed by atoms with Crippen molar-refractivity contribution < 1.29 is 14.3 Å². The van der Waals surface area contributed by atoms with Gasteiger partial charge in [-0.2, -0.15) is 0 Å². The van der Waals surface area contributed by atoms with E-state index in [0.29, 0.717) is 40.6 Å².